The van der Waals surface area contributed by atoms with E-state index in [1.165, 1.54) is 18.2 Å². The van der Waals surface area contributed by atoms with E-state index in [9.17, 15) is 18.4 Å². The number of halogens is 2. The van der Waals surface area contributed by atoms with Gasteiger partial charge in [-0.15, -0.1) is 0 Å². The zero-order valence-corrected chi connectivity index (χ0v) is 11.2. The Kier molecular flexibility index (Phi) is 4.59. The molecule has 0 saturated carbocycles. The Hall–Kier alpha value is -2.35. The Morgan fingerprint density at radius 1 is 1.19 bits per heavy atom. The van der Waals surface area contributed by atoms with Crippen molar-refractivity contribution in [2.75, 3.05) is 11.1 Å². The molecule has 21 heavy (non-hydrogen) atoms. The zero-order valence-electron chi connectivity index (χ0n) is 10.4. The molecule has 0 saturated heterocycles. The molecular weight excluding hydrogens is 304 g/mol. The van der Waals surface area contributed by atoms with E-state index in [1.807, 2.05) is 0 Å². The molecule has 1 aromatic carbocycles. The summed E-state index contributed by atoms with van der Waals surface area (Å²) in [5.74, 6) is -4.05. The quantitative estimate of drug-likeness (QED) is 0.830. The van der Waals surface area contributed by atoms with Gasteiger partial charge in [-0.3, -0.25) is 4.79 Å². The molecule has 0 aliphatic carbocycles. The van der Waals surface area contributed by atoms with Crippen LogP contribution in [-0.4, -0.2) is 22.7 Å². The van der Waals surface area contributed by atoms with E-state index >= 15 is 0 Å². The molecule has 0 aliphatic rings. The fraction of sp³-hybridized carbons (Fsp3) is 0.0769. The minimum atomic E-state index is -1.22. The van der Waals surface area contributed by atoms with Gasteiger partial charge in [-0.25, -0.2) is 13.6 Å². The number of anilines is 1. The first-order chi connectivity index (χ1) is 9.97. The number of para-hydroxylation sites is 1. The van der Waals surface area contributed by atoms with Crippen LogP contribution in [0.2, 0.25) is 0 Å². The van der Waals surface area contributed by atoms with E-state index in [1.54, 1.807) is 0 Å². The summed E-state index contributed by atoms with van der Waals surface area (Å²) in [5.41, 5.74) is -0.520. The number of thioether (sulfide) groups is 1. The number of carbonyl (C=O) groups excluding carboxylic acids is 1. The molecule has 1 amide bonds. The van der Waals surface area contributed by atoms with Gasteiger partial charge in [0.25, 0.3) is 0 Å². The summed E-state index contributed by atoms with van der Waals surface area (Å²) in [5, 5.41) is 11.0. The van der Waals surface area contributed by atoms with Crippen LogP contribution in [0.1, 0.15) is 10.6 Å². The van der Waals surface area contributed by atoms with Crippen LogP contribution in [0.3, 0.4) is 0 Å². The molecule has 1 aromatic heterocycles. The van der Waals surface area contributed by atoms with Gasteiger partial charge in [-0.05, 0) is 24.3 Å². The van der Waals surface area contributed by atoms with Gasteiger partial charge in [-0.1, -0.05) is 17.8 Å². The number of amides is 1. The number of carbonyl (C=O) groups is 2. The number of hydrogen-bond acceptors (Lipinski definition) is 4. The number of furan rings is 1. The number of benzene rings is 1. The normalized spacial score (nSPS) is 10.4. The van der Waals surface area contributed by atoms with Crippen LogP contribution < -0.4 is 5.32 Å². The fourth-order valence-electron chi connectivity index (χ4n) is 1.44. The number of nitrogens with one attached hydrogen (secondary N) is 1. The molecule has 2 rings (SSSR count). The van der Waals surface area contributed by atoms with Crippen molar-refractivity contribution in [2.45, 2.75) is 5.09 Å². The van der Waals surface area contributed by atoms with E-state index in [-0.39, 0.29) is 16.6 Å². The van der Waals surface area contributed by atoms with Crippen LogP contribution in [0, 0.1) is 11.6 Å². The maximum Gasteiger partial charge on any atom is 0.371 e. The second-order valence-electron chi connectivity index (χ2n) is 3.86. The van der Waals surface area contributed by atoms with Gasteiger partial charge < -0.3 is 14.8 Å². The van der Waals surface area contributed by atoms with Crippen molar-refractivity contribution in [3.8, 4) is 0 Å². The minimum Gasteiger partial charge on any atom is -0.475 e. The Bertz CT molecular complexity index is 666. The minimum absolute atomic E-state index is 0.180. The third-order valence-electron chi connectivity index (χ3n) is 2.36. The van der Waals surface area contributed by atoms with Gasteiger partial charge in [0.15, 0.2) is 5.09 Å². The number of carboxylic acids is 1. The summed E-state index contributed by atoms with van der Waals surface area (Å²) >= 11 is 0.911. The number of aromatic carboxylic acids is 1. The average Bonchev–Trinajstić information content (AvgIpc) is 2.90. The van der Waals surface area contributed by atoms with E-state index in [2.05, 4.69) is 5.32 Å². The Morgan fingerprint density at radius 3 is 2.43 bits per heavy atom. The van der Waals surface area contributed by atoms with Gasteiger partial charge in [0, 0.05) is 0 Å². The predicted octanol–water partition coefficient (Wildman–Crippen LogP) is 2.99. The largest absolute Gasteiger partial charge is 0.475 e. The Balaban J connectivity index is 1.94. The van der Waals surface area contributed by atoms with Crippen molar-refractivity contribution in [2.24, 2.45) is 0 Å². The molecule has 2 N–H and O–H groups in total. The summed E-state index contributed by atoms with van der Waals surface area (Å²) in [4.78, 5) is 22.2. The van der Waals surface area contributed by atoms with Crippen molar-refractivity contribution < 1.29 is 27.9 Å². The highest BCUT2D eigenvalue weighted by Gasteiger charge is 2.14. The molecule has 0 radical (unpaired) electrons. The van der Waals surface area contributed by atoms with E-state index in [4.69, 9.17) is 9.52 Å². The number of carboxylic acid groups (broad SMARTS) is 1. The zero-order chi connectivity index (χ0) is 15.4. The first-order valence-corrected chi connectivity index (χ1v) is 6.65. The molecule has 110 valence electrons. The lowest BCUT2D eigenvalue weighted by atomic mass is 10.3. The van der Waals surface area contributed by atoms with Gasteiger partial charge in [0.05, 0.1) is 5.75 Å². The molecule has 2 aromatic rings. The maximum atomic E-state index is 13.3. The number of rotatable bonds is 5. The van der Waals surface area contributed by atoms with Gasteiger partial charge in [0.2, 0.25) is 11.7 Å². The van der Waals surface area contributed by atoms with Gasteiger partial charge in [0.1, 0.15) is 17.3 Å². The molecular formula is C13H9F2NO4S. The van der Waals surface area contributed by atoms with E-state index in [0.717, 1.165) is 23.9 Å². The maximum absolute atomic E-state index is 13.3. The monoisotopic (exact) mass is 313 g/mol. The average molecular weight is 313 g/mol. The second-order valence-corrected chi connectivity index (χ2v) is 4.84. The van der Waals surface area contributed by atoms with Crippen LogP contribution in [0.5, 0.6) is 0 Å². The van der Waals surface area contributed by atoms with Crippen LogP contribution in [0.15, 0.2) is 39.8 Å². The van der Waals surface area contributed by atoms with Crippen molar-refractivity contribution in [1.82, 2.24) is 0 Å². The summed E-state index contributed by atoms with van der Waals surface area (Å²) in [6.07, 6.45) is 0. The third-order valence-corrected chi connectivity index (χ3v) is 3.28. The summed E-state index contributed by atoms with van der Waals surface area (Å²) in [7, 11) is 0. The lowest BCUT2D eigenvalue weighted by molar-refractivity contribution is -0.113. The van der Waals surface area contributed by atoms with Crippen LogP contribution >= 0.6 is 11.8 Å². The summed E-state index contributed by atoms with van der Waals surface area (Å²) in [6, 6.07) is 5.88. The molecule has 8 heteroatoms. The SMILES string of the molecule is O=C(CSc1ccc(C(=O)O)o1)Nc1c(F)cccc1F. The molecule has 0 atom stereocenters. The third kappa shape index (κ3) is 3.82. The molecule has 1 heterocycles. The topological polar surface area (TPSA) is 79.5 Å². The smallest absolute Gasteiger partial charge is 0.371 e. The second kappa shape index (κ2) is 6.40. The molecule has 0 bridgehead atoms. The number of hydrogen-bond donors (Lipinski definition) is 2. The van der Waals surface area contributed by atoms with Crippen molar-refractivity contribution >= 4 is 29.3 Å². The van der Waals surface area contributed by atoms with Gasteiger partial charge >= 0.3 is 5.97 Å². The van der Waals surface area contributed by atoms with Gasteiger partial charge in [-0.2, -0.15) is 0 Å². The highest BCUT2D eigenvalue weighted by atomic mass is 32.2. The Morgan fingerprint density at radius 2 is 1.86 bits per heavy atom. The summed E-state index contributed by atoms with van der Waals surface area (Å²) in [6.45, 7) is 0. The standard InChI is InChI=1S/C13H9F2NO4S/c14-7-2-1-3-8(15)12(7)16-10(17)6-21-11-5-4-9(20-11)13(18)19/h1-5H,6H2,(H,16,17)(H,18,19). The van der Waals surface area contributed by atoms with Crippen molar-refractivity contribution in [3.63, 3.8) is 0 Å². The van der Waals surface area contributed by atoms with E-state index in [0.29, 0.717) is 0 Å². The molecule has 0 fully saturated rings. The highest BCUT2D eigenvalue weighted by Crippen LogP contribution is 2.22. The van der Waals surface area contributed by atoms with Crippen molar-refractivity contribution in [3.05, 3.63) is 47.7 Å². The lowest BCUT2D eigenvalue weighted by Crippen LogP contribution is -2.16. The summed E-state index contributed by atoms with van der Waals surface area (Å²) < 4.78 is 31.6. The van der Waals surface area contributed by atoms with Crippen LogP contribution in [-0.2, 0) is 4.79 Å². The fourth-order valence-corrected chi connectivity index (χ4v) is 2.10. The molecule has 0 aliphatic heterocycles. The molecule has 0 spiro atoms. The van der Waals surface area contributed by atoms with Crippen LogP contribution in [0.4, 0.5) is 14.5 Å². The molecule has 0 unspecified atom stereocenters. The predicted molar refractivity (Wildman–Crippen MR) is 71.4 cm³/mol. The first kappa shape index (κ1) is 15.0. The first-order valence-electron chi connectivity index (χ1n) is 5.67. The van der Waals surface area contributed by atoms with Crippen molar-refractivity contribution in [1.29, 1.82) is 0 Å². The molecule has 5 nitrogen and oxygen atoms in total. The highest BCUT2D eigenvalue weighted by molar-refractivity contribution is 7.99. The van der Waals surface area contributed by atoms with Crippen LogP contribution in [0.25, 0.3) is 0 Å². The van der Waals surface area contributed by atoms with E-state index < -0.39 is 29.2 Å². The Labute approximate surface area is 121 Å². The lowest BCUT2D eigenvalue weighted by Gasteiger charge is -2.06.